The number of hydrogen-bond acceptors (Lipinski definition) is 3. The number of carbonyl (C=O) groups is 1. The van der Waals surface area contributed by atoms with E-state index in [0.29, 0.717) is 36.0 Å². The molecule has 0 fully saturated rings. The molecular formula is C16H21N3O2. The van der Waals surface area contributed by atoms with Crippen molar-refractivity contribution >= 4 is 16.8 Å². The van der Waals surface area contributed by atoms with Crippen LogP contribution in [0.15, 0.2) is 29.1 Å². The number of amides is 1. The SMILES string of the molecule is CCCCNC(=O)CCCc1nc2ccccc2c(=O)[nH]1. The topological polar surface area (TPSA) is 74.8 Å². The normalized spacial score (nSPS) is 10.7. The highest BCUT2D eigenvalue weighted by molar-refractivity contribution is 5.77. The zero-order valence-electron chi connectivity index (χ0n) is 12.3. The first-order chi connectivity index (χ1) is 10.2. The third kappa shape index (κ3) is 4.41. The van der Waals surface area contributed by atoms with Gasteiger partial charge in [0.2, 0.25) is 5.91 Å². The second-order valence-corrected chi connectivity index (χ2v) is 5.09. The van der Waals surface area contributed by atoms with E-state index in [2.05, 4.69) is 22.2 Å². The Morgan fingerprint density at radius 1 is 1.29 bits per heavy atom. The van der Waals surface area contributed by atoms with Crippen molar-refractivity contribution in [1.82, 2.24) is 15.3 Å². The van der Waals surface area contributed by atoms with Crippen LogP contribution in [0.2, 0.25) is 0 Å². The van der Waals surface area contributed by atoms with Crippen LogP contribution < -0.4 is 10.9 Å². The second-order valence-electron chi connectivity index (χ2n) is 5.09. The van der Waals surface area contributed by atoms with Crippen LogP contribution >= 0.6 is 0 Å². The van der Waals surface area contributed by atoms with E-state index in [1.165, 1.54) is 0 Å². The van der Waals surface area contributed by atoms with Crippen LogP contribution in [0, 0.1) is 0 Å². The third-order valence-corrected chi connectivity index (χ3v) is 3.33. The molecule has 0 spiro atoms. The maximum atomic E-state index is 11.9. The summed E-state index contributed by atoms with van der Waals surface area (Å²) < 4.78 is 0. The summed E-state index contributed by atoms with van der Waals surface area (Å²) in [5.41, 5.74) is 0.576. The fourth-order valence-electron chi connectivity index (χ4n) is 2.16. The maximum absolute atomic E-state index is 11.9. The lowest BCUT2D eigenvalue weighted by molar-refractivity contribution is -0.121. The fraction of sp³-hybridized carbons (Fsp3) is 0.438. The Labute approximate surface area is 123 Å². The van der Waals surface area contributed by atoms with E-state index in [4.69, 9.17) is 0 Å². The lowest BCUT2D eigenvalue weighted by atomic mass is 10.2. The Kier molecular flexibility index (Phi) is 5.49. The molecule has 0 saturated carbocycles. The molecule has 0 aliphatic heterocycles. The van der Waals surface area contributed by atoms with E-state index in [-0.39, 0.29) is 11.5 Å². The molecule has 2 aromatic rings. The van der Waals surface area contributed by atoms with Crippen LogP contribution in [-0.2, 0) is 11.2 Å². The molecule has 5 nitrogen and oxygen atoms in total. The van der Waals surface area contributed by atoms with Gasteiger partial charge in [0.05, 0.1) is 10.9 Å². The van der Waals surface area contributed by atoms with Gasteiger partial charge in [-0.3, -0.25) is 9.59 Å². The van der Waals surface area contributed by atoms with Gasteiger partial charge in [0, 0.05) is 19.4 Å². The summed E-state index contributed by atoms with van der Waals surface area (Å²) in [6.07, 6.45) is 3.81. The number of nitrogens with zero attached hydrogens (tertiary/aromatic N) is 1. The Balaban J connectivity index is 1.89. The predicted molar refractivity (Wildman–Crippen MR) is 83.2 cm³/mol. The molecule has 21 heavy (non-hydrogen) atoms. The molecule has 0 bridgehead atoms. The Morgan fingerprint density at radius 2 is 2.10 bits per heavy atom. The monoisotopic (exact) mass is 287 g/mol. The van der Waals surface area contributed by atoms with Gasteiger partial charge in [0.1, 0.15) is 5.82 Å². The van der Waals surface area contributed by atoms with Gasteiger partial charge in [0.15, 0.2) is 0 Å². The minimum absolute atomic E-state index is 0.0617. The minimum Gasteiger partial charge on any atom is -0.356 e. The molecule has 5 heteroatoms. The quantitative estimate of drug-likeness (QED) is 0.766. The molecule has 1 aromatic carbocycles. The smallest absolute Gasteiger partial charge is 0.258 e. The van der Waals surface area contributed by atoms with Gasteiger partial charge in [-0.05, 0) is 25.0 Å². The van der Waals surface area contributed by atoms with Crippen LogP contribution in [0.25, 0.3) is 10.9 Å². The highest BCUT2D eigenvalue weighted by Gasteiger charge is 2.05. The number of nitrogens with one attached hydrogen (secondary N) is 2. The number of benzene rings is 1. The second kappa shape index (κ2) is 7.57. The molecule has 0 unspecified atom stereocenters. The standard InChI is InChI=1S/C16H21N3O2/c1-2-3-11-17-15(20)10-6-9-14-18-13-8-5-4-7-12(13)16(21)19-14/h4-5,7-8H,2-3,6,9-11H2,1H3,(H,17,20)(H,18,19,21). The maximum Gasteiger partial charge on any atom is 0.258 e. The highest BCUT2D eigenvalue weighted by Crippen LogP contribution is 2.07. The van der Waals surface area contributed by atoms with Crippen LogP contribution in [0.1, 0.15) is 38.4 Å². The number of rotatable bonds is 7. The molecule has 2 rings (SSSR count). The first-order valence-corrected chi connectivity index (χ1v) is 7.45. The zero-order valence-corrected chi connectivity index (χ0v) is 12.3. The molecule has 0 atom stereocenters. The van der Waals surface area contributed by atoms with E-state index in [9.17, 15) is 9.59 Å². The number of H-pyrrole nitrogens is 1. The van der Waals surface area contributed by atoms with Gasteiger partial charge in [-0.15, -0.1) is 0 Å². The molecule has 1 amide bonds. The van der Waals surface area contributed by atoms with E-state index < -0.39 is 0 Å². The van der Waals surface area contributed by atoms with Crippen LogP contribution in [-0.4, -0.2) is 22.4 Å². The van der Waals surface area contributed by atoms with E-state index in [1.807, 2.05) is 18.2 Å². The summed E-state index contributed by atoms with van der Waals surface area (Å²) in [6, 6.07) is 7.26. The number of hydrogen-bond donors (Lipinski definition) is 2. The van der Waals surface area contributed by atoms with Crippen molar-refractivity contribution < 1.29 is 4.79 Å². The van der Waals surface area contributed by atoms with Crippen molar-refractivity contribution in [1.29, 1.82) is 0 Å². The lowest BCUT2D eigenvalue weighted by Gasteiger charge is -2.05. The lowest BCUT2D eigenvalue weighted by Crippen LogP contribution is -2.24. The van der Waals surface area contributed by atoms with Gasteiger partial charge < -0.3 is 10.3 Å². The van der Waals surface area contributed by atoms with Crippen LogP contribution in [0.5, 0.6) is 0 Å². The number of carbonyl (C=O) groups excluding carboxylic acids is 1. The van der Waals surface area contributed by atoms with Gasteiger partial charge >= 0.3 is 0 Å². The van der Waals surface area contributed by atoms with Crippen molar-refractivity contribution in [3.63, 3.8) is 0 Å². The van der Waals surface area contributed by atoms with Crippen molar-refractivity contribution in [2.45, 2.75) is 39.0 Å². The number of aromatic nitrogens is 2. The molecule has 0 radical (unpaired) electrons. The zero-order chi connectivity index (χ0) is 15.1. The Bertz CT molecular complexity index is 664. The number of aromatic amines is 1. The van der Waals surface area contributed by atoms with Gasteiger partial charge in [0.25, 0.3) is 5.56 Å². The van der Waals surface area contributed by atoms with Crippen molar-refractivity contribution in [3.05, 3.63) is 40.4 Å². The van der Waals surface area contributed by atoms with E-state index >= 15 is 0 Å². The largest absolute Gasteiger partial charge is 0.356 e. The summed E-state index contributed by atoms with van der Waals surface area (Å²) in [7, 11) is 0. The van der Waals surface area contributed by atoms with Gasteiger partial charge in [-0.1, -0.05) is 25.5 Å². The fourth-order valence-corrected chi connectivity index (χ4v) is 2.16. The van der Waals surface area contributed by atoms with Crippen molar-refractivity contribution in [3.8, 4) is 0 Å². The van der Waals surface area contributed by atoms with Gasteiger partial charge in [-0.25, -0.2) is 4.98 Å². The average molecular weight is 287 g/mol. The highest BCUT2D eigenvalue weighted by atomic mass is 16.1. The van der Waals surface area contributed by atoms with Crippen molar-refractivity contribution in [2.24, 2.45) is 0 Å². The van der Waals surface area contributed by atoms with Crippen LogP contribution in [0.3, 0.4) is 0 Å². The Morgan fingerprint density at radius 3 is 2.90 bits per heavy atom. The molecule has 0 aliphatic rings. The number of unbranched alkanes of at least 4 members (excludes halogenated alkanes) is 1. The first-order valence-electron chi connectivity index (χ1n) is 7.45. The van der Waals surface area contributed by atoms with Crippen LogP contribution in [0.4, 0.5) is 0 Å². The summed E-state index contributed by atoms with van der Waals surface area (Å²) >= 11 is 0. The Hall–Kier alpha value is -2.17. The van der Waals surface area contributed by atoms with E-state index in [1.54, 1.807) is 6.07 Å². The first kappa shape index (κ1) is 15.2. The molecule has 0 aliphatic carbocycles. The number of aryl methyl sites for hydroxylation is 1. The minimum atomic E-state index is -0.122. The number of fused-ring (bicyclic) bond motifs is 1. The average Bonchev–Trinajstić information content (AvgIpc) is 2.48. The summed E-state index contributed by atoms with van der Waals surface area (Å²) in [4.78, 5) is 30.7. The summed E-state index contributed by atoms with van der Waals surface area (Å²) in [5, 5.41) is 3.48. The molecule has 0 saturated heterocycles. The summed E-state index contributed by atoms with van der Waals surface area (Å²) in [6.45, 7) is 2.83. The molecule has 2 N–H and O–H groups in total. The summed E-state index contributed by atoms with van der Waals surface area (Å²) in [5.74, 6) is 0.701. The molecule has 112 valence electrons. The van der Waals surface area contributed by atoms with Crippen molar-refractivity contribution in [2.75, 3.05) is 6.54 Å². The predicted octanol–water partition coefficient (Wildman–Crippen LogP) is 2.16. The third-order valence-electron chi connectivity index (χ3n) is 3.33. The molecule has 1 aromatic heterocycles. The van der Waals surface area contributed by atoms with E-state index in [0.717, 1.165) is 19.4 Å². The molecule has 1 heterocycles. The molecular weight excluding hydrogens is 266 g/mol. The number of para-hydroxylation sites is 1. The van der Waals surface area contributed by atoms with Gasteiger partial charge in [-0.2, -0.15) is 0 Å².